The molecule has 5 rings (SSSR count). The number of H-pyrrole nitrogens is 1. The van der Waals surface area contributed by atoms with Gasteiger partial charge in [0.1, 0.15) is 11.5 Å². The van der Waals surface area contributed by atoms with Crippen molar-refractivity contribution in [3.8, 4) is 22.4 Å². The molecule has 0 spiro atoms. The van der Waals surface area contributed by atoms with Crippen LogP contribution in [-0.2, 0) is 4.74 Å². The van der Waals surface area contributed by atoms with Crippen LogP contribution in [0.15, 0.2) is 53.6 Å². The third-order valence-corrected chi connectivity index (χ3v) is 5.48. The van der Waals surface area contributed by atoms with Crippen LogP contribution in [0.5, 0.6) is 0 Å². The molecule has 0 bridgehead atoms. The summed E-state index contributed by atoms with van der Waals surface area (Å²) in [6, 6.07) is 10.2. The first kappa shape index (κ1) is 18.7. The van der Waals surface area contributed by atoms with Gasteiger partial charge in [-0.2, -0.15) is 5.10 Å². The smallest absolute Gasteiger partial charge is 0.248 e. The fourth-order valence-corrected chi connectivity index (χ4v) is 4.03. The summed E-state index contributed by atoms with van der Waals surface area (Å²) in [6.07, 6.45) is 5.95. The number of nitrogens with zero attached hydrogens (tertiary/aromatic N) is 3. The zero-order valence-corrected chi connectivity index (χ0v) is 16.6. The van der Waals surface area contributed by atoms with E-state index in [0.29, 0.717) is 23.3 Å². The van der Waals surface area contributed by atoms with Crippen LogP contribution in [0.2, 0.25) is 0 Å². The molecule has 6 nitrogen and oxygen atoms in total. The molecule has 1 saturated heterocycles. The molecule has 1 aliphatic heterocycles. The first-order chi connectivity index (χ1) is 14.6. The van der Waals surface area contributed by atoms with Crippen LogP contribution in [0.25, 0.3) is 33.3 Å². The molecular formula is C23H21FN4O2. The number of nitrogens with one attached hydrogen (secondary N) is 1. The molecule has 1 N–H and O–H groups in total. The molecule has 1 unspecified atom stereocenters. The van der Waals surface area contributed by atoms with Crippen LogP contribution in [0.4, 0.5) is 4.39 Å². The predicted octanol–water partition coefficient (Wildman–Crippen LogP) is 4.60. The Morgan fingerprint density at radius 2 is 2.07 bits per heavy atom. The number of aromatic nitrogens is 4. The Kier molecular flexibility index (Phi) is 4.67. The van der Waals surface area contributed by atoms with Crippen LogP contribution in [0.3, 0.4) is 0 Å². The summed E-state index contributed by atoms with van der Waals surface area (Å²) in [4.78, 5) is 18.6. The summed E-state index contributed by atoms with van der Waals surface area (Å²) in [6.45, 7) is 2.59. The number of pyridine rings is 2. The SMILES string of the molecule is Cc1cc(-c2nn(C3CCCCO3)c3cc(F)c(-c4cc[nH]c(=O)c4)cc23)ccn1. The minimum Gasteiger partial charge on any atom is -0.356 e. The van der Waals surface area contributed by atoms with Crippen LogP contribution in [0, 0.1) is 12.7 Å². The van der Waals surface area contributed by atoms with Crippen molar-refractivity contribution in [1.82, 2.24) is 19.7 Å². The van der Waals surface area contributed by atoms with Crippen molar-refractivity contribution < 1.29 is 9.13 Å². The maximum Gasteiger partial charge on any atom is 0.248 e. The lowest BCUT2D eigenvalue weighted by Crippen LogP contribution is -2.19. The summed E-state index contributed by atoms with van der Waals surface area (Å²) in [5, 5.41) is 5.66. The summed E-state index contributed by atoms with van der Waals surface area (Å²) < 4.78 is 22.9. The van der Waals surface area contributed by atoms with Crippen LogP contribution in [0.1, 0.15) is 31.2 Å². The lowest BCUT2D eigenvalue weighted by molar-refractivity contribution is -0.0365. The van der Waals surface area contributed by atoms with E-state index >= 15 is 4.39 Å². The Morgan fingerprint density at radius 1 is 1.17 bits per heavy atom. The van der Waals surface area contributed by atoms with Gasteiger partial charge in [-0.1, -0.05) is 0 Å². The second kappa shape index (κ2) is 7.50. The van der Waals surface area contributed by atoms with Gasteiger partial charge in [0, 0.05) is 53.3 Å². The minimum atomic E-state index is -0.400. The number of ether oxygens (including phenoxy) is 1. The average Bonchev–Trinajstić information content (AvgIpc) is 3.12. The monoisotopic (exact) mass is 404 g/mol. The van der Waals surface area contributed by atoms with Crippen molar-refractivity contribution >= 4 is 10.9 Å². The van der Waals surface area contributed by atoms with E-state index in [1.165, 1.54) is 18.3 Å². The lowest BCUT2D eigenvalue weighted by Gasteiger charge is -2.23. The Bertz CT molecular complexity index is 1290. The highest BCUT2D eigenvalue weighted by Crippen LogP contribution is 2.36. The first-order valence-electron chi connectivity index (χ1n) is 10.1. The van der Waals surface area contributed by atoms with Crippen molar-refractivity contribution in [2.75, 3.05) is 6.61 Å². The molecule has 152 valence electrons. The summed E-state index contributed by atoms with van der Waals surface area (Å²) in [5.74, 6) is -0.400. The second-order valence-electron chi connectivity index (χ2n) is 7.59. The standard InChI is InChI=1S/C23H21FN4O2/c1-14-10-16(6-7-25-14)23-18-12-17(15-5-8-26-21(29)11-15)19(24)13-20(18)28(27-23)22-4-2-3-9-30-22/h5-8,10-13,22H,2-4,9H2,1H3,(H,26,29). The lowest BCUT2D eigenvalue weighted by atomic mass is 10.0. The molecule has 1 atom stereocenters. The number of hydrogen-bond acceptors (Lipinski definition) is 4. The van der Waals surface area contributed by atoms with Gasteiger partial charge in [0.15, 0.2) is 6.23 Å². The number of fused-ring (bicyclic) bond motifs is 1. The van der Waals surface area contributed by atoms with Crippen molar-refractivity contribution in [3.05, 3.63) is 70.7 Å². The van der Waals surface area contributed by atoms with Crippen molar-refractivity contribution in [1.29, 1.82) is 0 Å². The molecule has 0 saturated carbocycles. The molecule has 7 heteroatoms. The molecule has 0 amide bonds. The van der Waals surface area contributed by atoms with Crippen molar-refractivity contribution in [2.24, 2.45) is 0 Å². The number of halogens is 1. The number of aromatic amines is 1. The van der Waals surface area contributed by atoms with Crippen molar-refractivity contribution in [3.63, 3.8) is 0 Å². The number of benzene rings is 1. The topological polar surface area (TPSA) is 72.8 Å². The van der Waals surface area contributed by atoms with Gasteiger partial charge in [0.25, 0.3) is 0 Å². The normalized spacial score (nSPS) is 16.8. The van der Waals surface area contributed by atoms with E-state index in [0.717, 1.165) is 41.6 Å². The van der Waals surface area contributed by atoms with Gasteiger partial charge in [-0.05, 0) is 56.0 Å². The fourth-order valence-electron chi connectivity index (χ4n) is 4.03. The van der Waals surface area contributed by atoms with Gasteiger partial charge < -0.3 is 9.72 Å². The summed E-state index contributed by atoms with van der Waals surface area (Å²) in [5.41, 5.74) is 3.82. The Hall–Kier alpha value is -3.32. The highest BCUT2D eigenvalue weighted by molar-refractivity contribution is 5.96. The van der Waals surface area contributed by atoms with Gasteiger partial charge in [0.2, 0.25) is 5.56 Å². The van der Waals surface area contributed by atoms with E-state index < -0.39 is 5.82 Å². The second-order valence-corrected chi connectivity index (χ2v) is 7.59. The van der Waals surface area contributed by atoms with Gasteiger partial charge in [-0.15, -0.1) is 0 Å². The van der Waals surface area contributed by atoms with Crippen LogP contribution >= 0.6 is 0 Å². The highest BCUT2D eigenvalue weighted by Gasteiger charge is 2.23. The molecule has 0 radical (unpaired) electrons. The zero-order valence-electron chi connectivity index (χ0n) is 16.6. The molecular weight excluding hydrogens is 383 g/mol. The zero-order chi connectivity index (χ0) is 20.7. The molecule has 1 fully saturated rings. The quantitative estimate of drug-likeness (QED) is 0.542. The van der Waals surface area contributed by atoms with Gasteiger partial charge in [0.05, 0.1) is 5.52 Å². The Morgan fingerprint density at radius 3 is 2.83 bits per heavy atom. The largest absolute Gasteiger partial charge is 0.356 e. The van der Waals surface area contributed by atoms with E-state index in [4.69, 9.17) is 9.84 Å². The summed E-state index contributed by atoms with van der Waals surface area (Å²) in [7, 11) is 0. The maximum atomic E-state index is 15.2. The Balaban J connectivity index is 1.76. The molecule has 3 aromatic heterocycles. The minimum absolute atomic E-state index is 0.220. The molecule has 0 aliphatic carbocycles. The fraction of sp³-hybridized carbons (Fsp3) is 0.261. The van der Waals surface area contributed by atoms with E-state index in [-0.39, 0.29) is 11.8 Å². The number of aryl methyl sites for hydroxylation is 1. The Labute approximate surface area is 172 Å². The molecule has 1 aliphatic rings. The highest BCUT2D eigenvalue weighted by atomic mass is 19.1. The van der Waals surface area contributed by atoms with E-state index in [2.05, 4.69) is 9.97 Å². The number of hydrogen-bond donors (Lipinski definition) is 1. The third kappa shape index (κ3) is 3.31. The maximum absolute atomic E-state index is 15.2. The van der Waals surface area contributed by atoms with Crippen molar-refractivity contribution in [2.45, 2.75) is 32.4 Å². The number of rotatable bonds is 3. The van der Waals surface area contributed by atoms with Gasteiger partial charge >= 0.3 is 0 Å². The first-order valence-corrected chi connectivity index (χ1v) is 10.1. The molecule has 30 heavy (non-hydrogen) atoms. The summed E-state index contributed by atoms with van der Waals surface area (Å²) >= 11 is 0. The third-order valence-electron chi connectivity index (χ3n) is 5.48. The molecule has 4 aromatic rings. The van der Waals surface area contributed by atoms with E-state index in [9.17, 15) is 4.79 Å². The van der Waals surface area contributed by atoms with Gasteiger partial charge in [-0.3, -0.25) is 9.78 Å². The van der Waals surface area contributed by atoms with Gasteiger partial charge in [-0.25, -0.2) is 9.07 Å². The predicted molar refractivity (Wildman–Crippen MR) is 113 cm³/mol. The van der Waals surface area contributed by atoms with Crippen LogP contribution < -0.4 is 5.56 Å². The molecule has 1 aromatic carbocycles. The van der Waals surface area contributed by atoms with E-state index in [1.807, 2.05) is 19.1 Å². The van der Waals surface area contributed by atoms with Crippen LogP contribution in [-0.4, -0.2) is 26.4 Å². The average molecular weight is 404 g/mol. The van der Waals surface area contributed by atoms with E-state index in [1.54, 1.807) is 23.0 Å². The molecule has 4 heterocycles.